The molecule has 28 heavy (non-hydrogen) atoms. The average Bonchev–Trinajstić information content (AvgIpc) is 3.29. The molecule has 4 rings (SSSR count). The molecule has 144 valence electrons. The summed E-state index contributed by atoms with van der Waals surface area (Å²) in [7, 11) is 0. The molecule has 0 radical (unpaired) electrons. The normalized spacial score (nSPS) is 16.5. The molecule has 0 spiro atoms. The molecule has 1 amide bonds. The first-order valence-corrected chi connectivity index (χ1v) is 9.33. The van der Waals surface area contributed by atoms with Gasteiger partial charge in [-0.2, -0.15) is 0 Å². The van der Waals surface area contributed by atoms with Crippen molar-refractivity contribution >= 4 is 5.91 Å². The van der Waals surface area contributed by atoms with Gasteiger partial charge in [0.2, 0.25) is 0 Å². The van der Waals surface area contributed by atoms with Gasteiger partial charge in [0.1, 0.15) is 11.5 Å². The number of amides is 1. The molecule has 0 saturated carbocycles. The van der Waals surface area contributed by atoms with E-state index in [0.29, 0.717) is 18.2 Å². The fourth-order valence-electron chi connectivity index (χ4n) is 3.58. The van der Waals surface area contributed by atoms with Crippen LogP contribution in [0.25, 0.3) is 11.3 Å². The number of hydrogen-bond donors (Lipinski definition) is 0. The Balaban J connectivity index is 1.39. The first kappa shape index (κ1) is 18.2. The molecule has 0 aromatic carbocycles. The number of aromatic nitrogens is 5. The van der Waals surface area contributed by atoms with Crippen LogP contribution in [0.15, 0.2) is 29.3 Å². The molecule has 1 unspecified atom stereocenters. The molecule has 3 aromatic heterocycles. The maximum absolute atomic E-state index is 12.6. The molecule has 0 bridgehead atoms. The van der Waals surface area contributed by atoms with Crippen molar-refractivity contribution in [2.75, 3.05) is 13.1 Å². The lowest BCUT2D eigenvalue weighted by molar-refractivity contribution is 0.0780. The summed E-state index contributed by atoms with van der Waals surface area (Å²) >= 11 is 0. The topological polar surface area (TPSA) is 97.9 Å². The Labute approximate surface area is 163 Å². The van der Waals surface area contributed by atoms with Gasteiger partial charge in [-0.15, -0.1) is 0 Å². The van der Waals surface area contributed by atoms with Gasteiger partial charge in [0, 0.05) is 25.5 Å². The Morgan fingerprint density at radius 1 is 1.11 bits per heavy atom. The smallest absolute Gasteiger partial charge is 0.274 e. The van der Waals surface area contributed by atoms with Crippen molar-refractivity contribution in [1.82, 2.24) is 30.0 Å². The maximum atomic E-state index is 12.6. The van der Waals surface area contributed by atoms with Crippen LogP contribution in [-0.4, -0.2) is 49.0 Å². The minimum absolute atomic E-state index is 0.0603. The van der Waals surface area contributed by atoms with Gasteiger partial charge in [0.15, 0.2) is 0 Å². The standard InChI is InChI=1S/C20H22N6O2/c1-12-7-23-18(10-21-12)20(27)26-5-4-15(11-26)6-16-8-24-17(9-22-16)19-13(2)25-28-14(19)3/h7-10,15H,4-6,11H2,1-3H3. The minimum Gasteiger partial charge on any atom is -0.361 e. The van der Waals surface area contributed by atoms with Crippen LogP contribution in [0.1, 0.15) is 39.8 Å². The van der Waals surface area contributed by atoms with Crippen molar-refractivity contribution in [3.05, 3.63) is 53.3 Å². The lowest BCUT2D eigenvalue weighted by atomic mass is 10.0. The first-order chi connectivity index (χ1) is 13.5. The van der Waals surface area contributed by atoms with E-state index in [0.717, 1.165) is 53.5 Å². The van der Waals surface area contributed by atoms with Gasteiger partial charge >= 0.3 is 0 Å². The molecule has 3 aromatic rings. The van der Waals surface area contributed by atoms with Gasteiger partial charge < -0.3 is 9.42 Å². The minimum atomic E-state index is -0.0603. The molecule has 1 aliphatic rings. The van der Waals surface area contributed by atoms with Gasteiger partial charge in [-0.1, -0.05) is 5.16 Å². The molecule has 0 aliphatic carbocycles. The number of aryl methyl sites for hydroxylation is 3. The average molecular weight is 378 g/mol. The number of carbonyl (C=O) groups excluding carboxylic acids is 1. The van der Waals surface area contributed by atoms with Crippen molar-refractivity contribution < 1.29 is 9.32 Å². The van der Waals surface area contributed by atoms with E-state index in [1.165, 1.54) is 0 Å². The second-order valence-electron chi connectivity index (χ2n) is 7.25. The van der Waals surface area contributed by atoms with Crippen molar-refractivity contribution in [3.8, 4) is 11.3 Å². The van der Waals surface area contributed by atoms with E-state index in [1.807, 2.05) is 25.7 Å². The van der Waals surface area contributed by atoms with Crippen LogP contribution in [0.3, 0.4) is 0 Å². The zero-order valence-electron chi connectivity index (χ0n) is 16.2. The lowest BCUT2D eigenvalue weighted by Gasteiger charge is -2.15. The van der Waals surface area contributed by atoms with Gasteiger partial charge in [-0.05, 0) is 39.5 Å². The van der Waals surface area contributed by atoms with Gasteiger partial charge in [0.25, 0.3) is 5.91 Å². The fourth-order valence-corrected chi connectivity index (χ4v) is 3.58. The number of carbonyl (C=O) groups is 1. The summed E-state index contributed by atoms with van der Waals surface area (Å²) in [5, 5.41) is 3.96. The Morgan fingerprint density at radius 2 is 1.96 bits per heavy atom. The largest absolute Gasteiger partial charge is 0.361 e. The summed E-state index contributed by atoms with van der Waals surface area (Å²) in [5.74, 6) is 1.04. The predicted molar refractivity (Wildman–Crippen MR) is 101 cm³/mol. The molecule has 1 atom stereocenters. The molecule has 8 nitrogen and oxygen atoms in total. The molecule has 8 heteroatoms. The van der Waals surface area contributed by atoms with Crippen molar-refractivity contribution in [2.24, 2.45) is 5.92 Å². The molecule has 4 heterocycles. The third-order valence-corrected chi connectivity index (χ3v) is 5.07. The second kappa shape index (κ2) is 7.46. The maximum Gasteiger partial charge on any atom is 0.274 e. The van der Waals surface area contributed by atoms with E-state index >= 15 is 0 Å². The number of likely N-dealkylation sites (tertiary alicyclic amines) is 1. The van der Waals surface area contributed by atoms with E-state index in [4.69, 9.17) is 4.52 Å². The van der Waals surface area contributed by atoms with Crippen LogP contribution in [0.5, 0.6) is 0 Å². The van der Waals surface area contributed by atoms with Gasteiger partial charge in [-0.3, -0.25) is 19.7 Å². The summed E-state index contributed by atoms with van der Waals surface area (Å²) in [5.41, 5.74) is 4.59. The quantitative estimate of drug-likeness (QED) is 0.688. The Morgan fingerprint density at radius 3 is 2.61 bits per heavy atom. The summed E-state index contributed by atoms with van der Waals surface area (Å²) in [4.78, 5) is 31.9. The second-order valence-corrected chi connectivity index (χ2v) is 7.25. The molecule has 0 N–H and O–H groups in total. The van der Waals surface area contributed by atoms with Crippen LogP contribution in [0.2, 0.25) is 0 Å². The van der Waals surface area contributed by atoms with E-state index < -0.39 is 0 Å². The van der Waals surface area contributed by atoms with E-state index in [1.54, 1.807) is 24.8 Å². The first-order valence-electron chi connectivity index (χ1n) is 9.33. The fraction of sp³-hybridized carbons (Fsp3) is 0.400. The van der Waals surface area contributed by atoms with Gasteiger partial charge in [0.05, 0.1) is 40.7 Å². The number of nitrogens with zero attached hydrogens (tertiary/aromatic N) is 6. The Hall–Kier alpha value is -3.16. The zero-order chi connectivity index (χ0) is 19.7. The molecule has 1 fully saturated rings. The molecular formula is C20H22N6O2. The third kappa shape index (κ3) is 3.62. The highest BCUT2D eigenvalue weighted by molar-refractivity contribution is 5.92. The summed E-state index contributed by atoms with van der Waals surface area (Å²) in [6.07, 6.45) is 8.47. The van der Waals surface area contributed by atoms with Crippen molar-refractivity contribution in [1.29, 1.82) is 0 Å². The molecular weight excluding hydrogens is 356 g/mol. The Kier molecular flexibility index (Phi) is 4.85. The third-order valence-electron chi connectivity index (χ3n) is 5.07. The Bertz CT molecular complexity index is 961. The van der Waals surface area contributed by atoms with E-state index in [2.05, 4.69) is 25.1 Å². The lowest BCUT2D eigenvalue weighted by Crippen LogP contribution is -2.29. The summed E-state index contributed by atoms with van der Waals surface area (Å²) in [6, 6.07) is 0. The van der Waals surface area contributed by atoms with Crippen LogP contribution in [0.4, 0.5) is 0 Å². The number of rotatable bonds is 4. The van der Waals surface area contributed by atoms with E-state index in [-0.39, 0.29) is 5.91 Å². The summed E-state index contributed by atoms with van der Waals surface area (Å²) < 4.78 is 5.20. The van der Waals surface area contributed by atoms with Gasteiger partial charge in [-0.25, -0.2) is 4.98 Å². The SMILES string of the molecule is Cc1cnc(C(=O)N2CCC(Cc3cnc(-c4c(C)noc4C)cn3)C2)cn1. The summed E-state index contributed by atoms with van der Waals surface area (Å²) in [6.45, 7) is 7.04. The molecule has 1 aliphatic heterocycles. The predicted octanol–water partition coefficient (Wildman–Crippen LogP) is 2.55. The zero-order valence-corrected chi connectivity index (χ0v) is 16.2. The molecule has 1 saturated heterocycles. The van der Waals surface area contributed by atoms with Crippen LogP contribution >= 0.6 is 0 Å². The van der Waals surface area contributed by atoms with Crippen molar-refractivity contribution in [3.63, 3.8) is 0 Å². The van der Waals surface area contributed by atoms with E-state index in [9.17, 15) is 4.79 Å². The van der Waals surface area contributed by atoms with Crippen LogP contribution in [0, 0.1) is 26.7 Å². The monoisotopic (exact) mass is 378 g/mol. The highest BCUT2D eigenvalue weighted by atomic mass is 16.5. The van der Waals surface area contributed by atoms with Crippen LogP contribution in [-0.2, 0) is 6.42 Å². The van der Waals surface area contributed by atoms with Crippen molar-refractivity contribution in [2.45, 2.75) is 33.6 Å². The highest BCUT2D eigenvalue weighted by Gasteiger charge is 2.28. The highest BCUT2D eigenvalue weighted by Crippen LogP contribution is 2.25. The number of hydrogen-bond acceptors (Lipinski definition) is 7. The van der Waals surface area contributed by atoms with Crippen LogP contribution < -0.4 is 0 Å².